The number of rotatable bonds is 7. The Kier molecular flexibility index (Phi) is 7.74. The van der Waals surface area contributed by atoms with Crippen molar-refractivity contribution in [1.29, 1.82) is 0 Å². The van der Waals surface area contributed by atoms with E-state index in [4.69, 9.17) is 0 Å². The van der Waals surface area contributed by atoms with Crippen molar-refractivity contribution >= 4 is 32.4 Å². The number of piperidine rings is 2. The summed E-state index contributed by atoms with van der Waals surface area (Å²) in [6, 6.07) is 12.3. The van der Waals surface area contributed by atoms with Crippen LogP contribution in [0, 0.1) is 5.41 Å². The molecule has 0 amide bonds. The van der Waals surface area contributed by atoms with Gasteiger partial charge in [-0.3, -0.25) is 9.62 Å². The third kappa shape index (κ3) is 6.81. The van der Waals surface area contributed by atoms with Crippen LogP contribution >= 0.6 is 0 Å². The van der Waals surface area contributed by atoms with Gasteiger partial charge in [0.1, 0.15) is 12.1 Å². The van der Waals surface area contributed by atoms with E-state index in [2.05, 4.69) is 24.5 Å². The highest BCUT2D eigenvalue weighted by atomic mass is 32.2. The summed E-state index contributed by atoms with van der Waals surface area (Å²) in [7, 11) is -3.31. The second kappa shape index (κ2) is 10.9. The van der Waals surface area contributed by atoms with E-state index < -0.39 is 22.6 Å². The fourth-order valence-corrected chi connectivity index (χ4v) is 6.44. The molecule has 3 aromatic rings. The lowest BCUT2D eigenvalue weighted by molar-refractivity contribution is -0.127. The lowest BCUT2D eigenvalue weighted by atomic mass is 9.71. The Morgan fingerprint density at radius 3 is 2.36 bits per heavy atom. The minimum Gasteiger partial charge on any atom is -0.356 e. The van der Waals surface area contributed by atoms with Crippen LogP contribution in [0.1, 0.15) is 43.7 Å². The molecule has 0 saturated carbocycles. The van der Waals surface area contributed by atoms with Crippen molar-refractivity contribution in [3.8, 4) is 0 Å². The molecule has 3 heterocycles. The molecule has 5 rings (SSSR count). The molecule has 2 fully saturated rings. The number of sulfonamides is 1. The van der Waals surface area contributed by atoms with Crippen molar-refractivity contribution in [3.63, 3.8) is 0 Å². The summed E-state index contributed by atoms with van der Waals surface area (Å²) >= 11 is 0. The van der Waals surface area contributed by atoms with E-state index >= 15 is 0 Å². The molecule has 0 aliphatic carbocycles. The summed E-state index contributed by atoms with van der Waals surface area (Å²) in [5.74, 6) is 0.755. The Balaban J connectivity index is 1.19. The Morgan fingerprint density at radius 2 is 1.67 bits per heavy atom. The van der Waals surface area contributed by atoms with Crippen LogP contribution < -0.4 is 9.62 Å². The molecule has 0 bridgehead atoms. The molecule has 0 atom stereocenters. The predicted octanol–water partition coefficient (Wildman–Crippen LogP) is 5.38. The molecule has 0 radical (unpaired) electrons. The van der Waals surface area contributed by atoms with Gasteiger partial charge >= 0.3 is 6.18 Å². The molecule has 39 heavy (non-hydrogen) atoms. The number of alkyl halides is 3. The topological polar surface area (TPSA) is 78.4 Å². The van der Waals surface area contributed by atoms with Crippen molar-refractivity contribution in [1.82, 2.24) is 14.9 Å². The fourth-order valence-electron chi connectivity index (χ4n) is 5.81. The first-order valence-corrected chi connectivity index (χ1v) is 15.1. The molecule has 210 valence electrons. The molecule has 0 unspecified atom stereocenters. The number of aromatic nitrogens is 2. The van der Waals surface area contributed by atoms with Gasteiger partial charge in [-0.1, -0.05) is 18.2 Å². The standard InChI is InChI=1S/C28H34F3N5O2S/c1-2-39(37,38)34-23-5-3-4-22(16-23)19-35-12-8-27(9-13-35)10-14-36(15-11-27)26-24-17-21(18-28(29,30)31)6-7-25(24)32-20-33-26/h3-7,16-17,20,34H,2,8-15,18-19H2,1H3. The lowest BCUT2D eigenvalue weighted by Crippen LogP contribution is -2.46. The van der Waals surface area contributed by atoms with Crippen LogP contribution in [0.3, 0.4) is 0 Å². The number of nitrogens with one attached hydrogen (secondary N) is 1. The largest absolute Gasteiger partial charge is 0.393 e. The van der Waals surface area contributed by atoms with E-state index in [1.807, 2.05) is 18.2 Å². The van der Waals surface area contributed by atoms with Gasteiger partial charge in [0.2, 0.25) is 10.0 Å². The van der Waals surface area contributed by atoms with Crippen molar-refractivity contribution in [2.45, 2.75) is 51.7 Å². The van der Waals surface area contributed by atoms with Crippen LogP contribution in [-0.2, 0) is 23.0 Å². The molecule has 2 aliphatic heterocycles. The van der Waals surface area contributed by atoms with Gasteiger partial charge in [0.25, 0.3) is 0 Å². The highest BCUT2D eigenvalue weighted by Crippen LogP contribution is 2.43. The Hall–Kier alpha value is -2.92. The minimum absolute atomic E-state index is 0.0371. The number of nitrogens with zero attached hydrogens (tertiary/aromatic N) is 4. The Morgan fingerprint density at radius 1 is 0.949 bits per heavy atom. The van der Waals surface area contributed by atoms with Crippen LogP contribution in [0.5, 0.6) is 0 Å². The highest BCUT2D eigenvalue weighted by Gasteiger charge is 2.38. The zero-order chi connectivity index (χ0) is 27.7. The summed E-state index contributed by atoms with van der Waals surface area (Å²) < 4.78 is 65.4. The molecule has 1 spiro atoms. The third-order valence-electron chi connectivity index (χ3n) is 8.11. The molecule has 2 aliphatic rings. The van der Waals surface area contributed by atoms with E-state index in [1.54, 1.807) is 25.1 Å². The molecule has 1 aromatic heterocycles. The average Bonchev–Trinajstić information content (AvgIpc) is 2.89. The van der Waals surface area contributed by atoms with E-state index in [-0.39, 0.29) is 16.7 Å². The average molecular weight is 562 g/mol. The van der Waals surface area contributed by atoms with E-state index in [0.717, 1.165) is 69.8 Å². The van der Waals surface area contributed by atoms with Gasteiger partial charge < -0.3 is 4.90 Å². The maximum absolute atomic E-state index is 13.0. The second-order valence-electron chi connectivity index (χ2n) is 10.8. The molecule has 7 nitrogen and oxygen atoms in total. The molecule has 2 aromatic carbocycles. The van der Waals surface area contributed by atoms with Crippen molar-refractivity contribution in [2.75, 3.05) is 41.6 Å². The normalized spacial score (nSPS) is 18.5. The lowest BCUT2D eigenvalue weighted by Gasteiger charge is -2.47. The number of benzene rings is 2. The maximum Gasteiger partial charge on any atom is 0.393 e. The Bertz CT molecular complexity index is 1410. The summed E-state index contributed by atoms with van der Waals surface area (Å²) in [6.07, 6.45) is 0.477. The summed E-state index contributed by atoms with van der Waals surface area (Å²) in [5.41, 5.74) is 2.82. The molecule has 2 saturated heterocycles. The van der Waals surface area contributed by atoms with Crippen LogP contribution in [0.25, 0.3) is 10.9 Å². The quantitative estimate of drug-likeness (QED) is 0.418. The number of hydrogen-bond acceptors (Lipinski definition) is 6. The number of fused-ring (bicyclic) bond motifs is 1. The molecule has 11 heteroatoms. The number of likely N-dealkylation sites (tertiary alicyclic amines) is 1. The third-order valence-corrected chi connectivity index (χ3v) is 9.42. The van der Waals surface area contributed by atoms with Gasteiger partial charge in [-0.25, -0.2) is 18.4 Å². The first-order valence-electron chi connectivity index (χ1n) is 13.4. The van der Waals surface area contributed by atoms with E-state index in [9.17, 15) is 21.6 Å². The minimum atomic E-state index is -4.26. The zero-order valence-corrected chi connectivity index (χ0v) is 22.9. The summed E-state index contributed by atoms with van der Waals surface area (Å²) in [6.45, 7) is 5.97. The number of halogens is 3. The van der Waals surface area contributed by atoms with Crippen molar-refractivity contribution < 1.29 is 21.6 Å². The second-order valence-corrected chi connectivity index (χ2v) is 12.8. The number of anilines is 2. The van der Waals surface area contributed by atoms with Gasteiger partial charge in [-0.15, -0.1) is 0 Å². The Labute approximate surface area is 227 Å². The van der Waals surface area contributed by atoms with Gasteiger partial charge in [-0.2, -0.15) is 13.2 Å². The van der Waals surface area contributed by atoms with Crippen LogP contribution in [0.2, 0.25) is 0 Å². The summed E-state index contributed by atoms with van der Waals surface area (Å²) in [5, 5.41) is 0.675. The van der Waals surface area contributed by atoms with Crippen LogP contribution in [0.15, 0.2) is 48.8 Å². The molecular weight excluding hydrogens is 527 g/mol. The van der Waals surface area contributed by atoms with Gasteiger partial charge in [0.05, 0.1) is 17.7 Å². The van der Waals surface area contributed by atoms with Crippen molar-refractivity contribution in [2.24, 2.45) is 5.41 Å². The number of hydrogen-bond donors (Lipinski definition) is 1. The van der Waals surface area contributed by atoms with Crippen LogP contribution in [0.4, 0.5) is 24.7 Å². The van der Waals surface area contributed by atoms with Gasteiger partial charge in [0.15, 0.2) is 0 Å². The SMILES string of the molecule is CCS(=O)(=O)Nc1cccc(CN2CCC3(CC2)CCN(c2ncnc4ccc(CC(F)(F)F)cc24)CC3)c1. The fraction of sp³-hybridized carbons (Fsp3) is 0.500. The van der Waals surface area contributed by atoms with Crippen molar-refractivity contribution in [3.05, 3.63) is 59.9 Å². The van der Waals surface area contributed by atoms with E-state index in [0.29, 0.717) is 16.6 Å². The summed E-state index contributed by atoms with van der Waals surface area (Å²) in [4.78, 5) is 13.4. The van der Waals surface area contributed by atoms with E-state index in [1.165, 1.54) is 12.4 Å². The molecular formula is C28H34F3N5O2S. The first-order chi connectivity index (χ1) is 18.5. The van der Waals surface area contributed by atoms with Gasteiger partial charge in [0, 0.05) is 30.7 Å². The smallest absolute Gasteiger partial charge is 0.356 e. The predicted molar refractivity (Wildman–Crippen MR) is 147 cm³/mol. The van der Waals surface area contributed by atoms with Gasteiger partial charge in [-0.05, 0) is 86.5 Å². The molecule has 1 N–H and O–H groups in total. The maximum atomic E-state index is 13.0. The first kappa shape index (κ1) is 27.6. The van der Waals surface area contributed by atoms with Crippen LogP contribution in [-0.4, -0.2) is 61.4 Å². The zero-order valence-electron chi connectivity index (χ0n) is 22.0. The highest BCUT2D eigenvalue weighted by molar-refractivity contribution is 7.92. The monoisotopic (exact) mass is 561 g/mol.